The van der Waals surface area contributed by atoms with E-state index in [9.17, 15) is 13.2 Å². The lowest BCUT2D eigenvalue weighted by Gasteiger charge is -2.19. The van der Waals surface area contributed by atoms with Crippen LogP contribution in [0, 0.1) is 0 Å². The fraction of sp³-hybridized carbons (Fsp3) is 0.304. The molecule has 3 aromatic rings. The molecule has 0 aliphatic carbocycles. The second-order valence-corrected chi connectivity index (χ2v) is 7.03. The van der Waals surface area contributed by atoms with Crippen LogP contribution < -0.4 is 14.8 Å². The molecule has 158 valence electrons. The largest absolute Gasteiger partial charge is 0.490 e. The lowest BCUT2D eigenvalue weighted by atomic mass is 10.0. The van der Waals surface area contributed by atoms with E-state index in [0.717, 1.165) is 23.0 Å². The number of aromatic nitrogens is 1. The number of halogens is 3. The maximum absolute atomic E-state index is 13.2. The number of nitrogens with zero attached hydrogens (tertiary/aromatic N) is 1. The number of benzene rings is 2. The molecule has 4 nitrogen and oxygen atoms in total. The summed E-state index contributed by atoms with van der Waals surface area (Å²) < 4.78 is 53.3. The van der Waals surface area contributed by atoms with Gasteiger partial charge in [-0.2, -0.15) is 13.2 Å². The van der Waals surface area contributed by atoms with E-state index in [0.29, 0.717) is 36.8 Å². The standard InChI is InChI=1S/C23H23F3N2O2/c1-3-29-20-12-16-14-27-22(15-7-5-8-17(11-15)23(24,25)26)18-9-6-10-28(18)19(16)13-21(20)30-4-2/h5-13,22,27H,3-4,14H2,1-2H3/t22-/m1/s1. The normalized spacial score (nSPS) is 15.8. The van der Waals surface area contributed by atoms with Crippen molar-refractivity contribution < 1.29 is 22.6 Å². The Morgan fingerprint density at radius 3 is 2.43 bits per heavy atom. The minimum Gasteiger partial charge on any atom is -0.490 e. The molecule has 4 rings (SSSR count). The highest BCUT2D eigenvalue weighted by Crippen LogP contribution is 2.38. The molecule has 1 N–H and O–H groups in total. The van der Waals surface area contributed by atoms with Crippen LogP contribution in [0.15, 0.2) is 54.7 Å². The van der Waals surface area contributed by atoms with Crippen molar-refractivity contribution in [1.29, 1.82) is 0 Å². The maximum atomic E-state index is 13.2. The van der Waals surface area contributed by atoms with Crippen molar-refractivity contribution in [2.45, 2.75) is 32.6 Å². The minimum atomic E-state index is -4.38. The Balaban J connectivity index is 1.80. The molecule has 0 radical (unpaired) electrons. The summed E-state index contributed by atoms with van der Waals surface area (Å²) in [6.45, 7) is 5.31. The summed E-state index contributed by atoms with van der Waals surface area (Å²) in [5, 5.41) is 3.41. The Labute approximate surface area is 173 Å². The third-order valence-corrected chi connectivity index (χ3v) is 5.12. The summed E-state index contributed by atoms with van der Waals surface area (Å²) in [5.74, 6) is 1.31. The van der Waals surface area contributed by atoms with Crippen molar-refractivity contribution in [3.8, 4) is 17.2 Å². The number of hydrogen-bond donors (Lipinski definition) is 1. The van der Waals surface area contributed by atoms with E-state index in [2.05, 4.69) is 5.32 Å². The molecule has 0 saturated carbocycles. The van der Waals surface area contributed by atoms with Crippen molar-refractivity contribution in [2.24, 2.45) is 0 Å². The van der Waals surface area contributed by atoms with Gasteiger partial charge in [-0.1, -0.05) is 12.1 Å². The highest BCUT2D eigenvalue weighted by molar-refractivity contribution is 5.56. The van der Waals surface area contributed by atoms with Crippen LogP contribution in [-0.4, -0.2) is 17.8 Å². The minimum absolute atomic E-state index is 0.388. The first-order valence-corrected chi connectivity index (χ1v) is 9.93. The average molecular weight is 416 g/mol. The first kappa shape index (κ1) is 20.3. The zero-order valence-electron chi connectivity index (χ0n) is 16.8. The number of rotatable bonds is 5. The highest BCUT2D eigenvalue weighted by Gasteiger charge is 2.32. The van der Waals surface area contributed by atoms with E-state index in [1.54, 1.807) is 6.07 Å². The number of hydrogen-bond acceptors (Lipinski definition) is 3. The summed E-state index contributed by atoms with van der Waals surface area (Å²) in [4.78, 5) is 0. The maximum Gasteiger partial charge on any atom is 0.416 e. The Bertz CT molecular complexity index is 1040. The Morgan fingerprint density at radius 2 is 1.73 bits per heavy atom. The predicted molar refractivity (Wildman–Crippen MR) is 108 cm³/mol. The van der Waals surface area contributed by atoms with Crippen LogP contribution in [-0.2, 0) is 12.7 Å². The van der Waals surface area contributed by atoms with E-state index in [1.807, 2.05) is 48.9 Å². The molecule has 2 aromatic carbocycles. The van der Waals surface area contributed by atoms with E-state index in [-0.39, 0.29) is 6.04 Å². The molecule has 1 aromatic heterocycles. The highest BCUT2D eigenvalue weighted by atomic mass is 19.4. The van der Waals surface area contributed by atoms with Gasteiger partial charge < -0.3 is 19.4 Å². The van der Waals surface area contributed by atoms with Crippen LogP contribution in [0.1, 0.15) is 42.3 Å². The smallest absolute Gasteiger partial charge is 0.416 e. The monoisotopic (exact) mass is 416 g/mol. The molecule has 0 bridgehead atoms. The van der Waals surface area contributed by atoms with Gasteiger partial charge in [0.1, 0.15) is 0 Å². The number of alkyl halides is 3. The van der Waals surface area contributed by atoms with E-state index in [4.69, 9.17) is 9.47 Å². The molecule has 7 heteroatoms. The summed E-state index contributed by atoms with van der Waals surface area (Å²) in [5.41, 5.74) is 2.67. The topological polar surface area (TPSA) is 35.4 Å². The van der Waals surface area contributed by atoms with E-state index < -0.39 is 11.7 Å². The first-order chi connectivity index (χ1) is 14.4. The van der Waals surface area contributed by atoms with E-state index in [1.165, 1.54) is 12.1 Å². The third kappa shape index (κ3) is 3.77. The molecule has 0 saturated heterocycles. The van der Waals surface area contributed by atoms with Crippen molar-refractivity contribution in [3.63, 3.8) is 0 Å². The molecule has 0 amide bonds. The van der Waals surface area contributed by atoms with Crippen LogP contribution in [0.2, 0.25) is 0 Å². The van der Waals surface area contributed by atoms with Crippen LogP contribution in [0.5, 0.6) is 11.5 Å². The molecule has 1 aliphatic heterocycles. The second-order valence-electron chi connectivity index (χ2n) is 7.03. The van der Waals surface area contributed by atoms with Crippen LogP contribution >= 0.6 is 0 Å². The van der Waals surface area contributed by atoms with Gasteiger partial charge >= 0.3 is 6.18 Å². The van der Waals surface area contributed by atoms with Crippen LogP contribution in [0.25, 0.3) is 5.69 Å². The van der Waals surface area contributed by atoms with Gasteiger partial charge in [0.2, 0.25) is 0 Å². The van der Waals surface area contributed by atoms with Gasteiger partial charge in [0, 0.05) is 24.5 Å². The summed E-state index contributed by atoms with van der Waals surface area (Å²) >= 11 is 0. The van der Waals surface area contributed by atoms with Gasteiger partial charge in [-0.3, -0.25) is 0 Å². The van der Waals surface area contributed by atoms with Gasteiger partial charge in [-0.25, -0.2) is 0 Å². The van der Waals surface area contributed by atoms with Crippen LogP contribution in [0.4, 0.5) is 13.2 Å². The Hall–Kier alpha value is -2.93. The number of fused-ring (bicyclic) bond motifs is 3. The third-order valence-electron chi connectivity index (χ3n) is 5.12. The number of ether oxygens (including phenoxy) is 2. The van der Waals surface area contributed by atoms with Crippen LogP contribution in [0.3, 0.4) is 0 Å². The molecule has 0 unspecified atom stereocenters. The average Bonchev–Trinajstić information content (AvgIpc) is 3.13. The quantitative estimate of drug-likeness (QED) is 0.598. The first-order valence-electron chi connectivity index (χ1n) is 9.93. The molecule has 0 spiro atoms. The summed E-state index contributed by atoms with van der Waals surface area (Å²) in [6.07, 6.45) is -2.47. The molecule has 1 atom stereocenters. The number of nitrogens with one attached hydrogen (secondary N) is 1. The van der Waals surface area contributed by atoms with Gasteiger partial charge in [0.15, 0.2) is 11.5 Å². The van der Waals surface area contributed by atoms with Crippen molar-refractivity contribution in [1.82, 2.24) is 9.88 Å². The fourth-order valence-corrected chi connectivity index (χ4v) is 3.84. The zero-order valence-corrected chi connectivity index (χ0v) is 16.8. The van der Waals surface area contributed by atoms with Crippen molar-refractivity contribution in [2.75, 3.05) is 13.2 Å². The van der Waals surface area contributed by atoms with Gasteiger partial charge in [-0.15, -0.1) is 0 Å². The lowest BCUT2D eigenvalue weighted by molar-refractivity contribution is -0.137. The van der Waals surface area contributed by atoms with Gasteiger partial charge in [-0.05, 0) is 55.3 Å². The zero-order chi connectivity index (χ0) is 21.3. The second kappa shape index (κ2) is 8.07. The lowest BCUT2D eigenvalue weighted by Crippen LogP contribution is -2.21. The Kier molecular flexibility index (Phi) is 5.47. The summed E-state index contributed by atoms with van der Waals surface area (Å²) in [7, 11) is 0. The Morgan fingerprint density at radius 1 is 1.00 bits per heavy atom. The predicted octanol–water partition coefficient (Wildman–Crippen LogP) is 5.49. The van der Waals surface area contributed by atoms with Gasteiger partial charge in [0.05, 0.1) is 30.5 Å². The molecule has 0 fully saturated rings. The van der Waals surface area contributed by atoms with Crippen molar-refractivity contribution in [3.05, 3.63) is 77.1 Å². The fourth-order valence-electron chi connectivity index (χ4n) is 3.84. The van der Waals surface area contributed by atoms with Gasteiger partial charge in [0.25, 0.3) is 0 Å². The summed E-state index contributed by atoms with van der Waals surface area (Å²) in [6, 6.07) is 12.8. The molecular formula is C23H23F3N2O2. The SMILES string of the molecule is CCOc1cc2c(cc1OCC)-n1cccc1[C@@H](c1cccc(C(F)(F)F)c1)NC2. The molecule has 2 heterocycles. The van der Waals surface area contributed by atoms with E-state index >= 15 is 0 Å². The van der Waals surface area contributed by atoms with Crippen molar-refractivity contribution >= 4 is 0 Å². The molecular weight excluding hydrogens is 393 g/mol. The molecule has 1 aliphatic rings. The molecule has 30 heavy (non-hydrogen) atoms.